The Kier molecular flexibility index (Phi) is 3.28. The van der Waals surface area contributed by atoms with Crippen molar-refractivity contribution in [1.29, 1.82) is 0 Å². The van der Waals surface area contributed by atoms with E-state index in [4.69, 9.17) is 17.3 Å². The first kappa shape index (κ1) is 13.6. The van der Waals surface area contributed by atoms with Gasteiger partial charge in [-0.1, -0.05) is 41.9 Å². The van der Waals surface area contributed by atoms with Crippen molar-refractivity contribution in [2.24, 2.45) is 5.73 Å². The molecule has 2 nitrogen and oxygen atoms in total. The molecule has 0 saturated carbocycles. The Morgan fingerprint density at radius 3 is 2.75 bits per heavy atom. The molecule has 2 unspecified atom stereocenters. The normalized spacial score (nSPS) is 24.7. The number of benzene rings is 2. The largest absolute Gasteiger partial charge is 0.385 e. The Balaban J connectivity index is 2.03. The fourth-order valence-electron chi connectivity index (χ4n) is 2.99. The van der Waals surface area contributed by atoms with E-state index in [2.05, 4.69) is 0 Å². The number of hydrogen-bond donors (Lipinski definition) is 2. The summed E-state index contributed by atoms with van der Waals surface area (Å²) in [6, 6.07) is 11.8. The molecule has 2 aromatic rings. The highest BCUT2D eigenvalue weighted by atomic mass is 35.5. The minimum atomic E-state index is -1.16. The summed E-state index contributed by atoms with van der Waals surface area (Å²) in [5.74, 6) is -0.399. The van der Waals surface area contributed by atoms with Crippen LogP contribution in [0.25, 0.3) is 0 Å². The standard InChI is InChI=1S/C16H15ClFNO/c17-13-6-3-7-14(18)11(13)8-16(20)9-15(19)10-4-1-2-5-12(10)16/h1-7,15,20H,8-9,19H2. The maximum absolute atomic E-state index is 13.9. The summed E-state index contributed by atoms with van der Waals surface area (Å²) in [6.45, 7) is 0. The zero-order valence-corrected chi connectivity index (χ0v) is 11.6. The van der Waals surface area contributed by atoms with Crippen LogP contribution in [-0.4, -0.2) is 5.11 Å². The lowest BCUT2D eigenvalue weighted by Crippen LogP contribution is -2.27. The van der Waals surface area contributed by atoms with Crippen molar-refractivity contribution >= 4 is 11.6 Å². The molecule has 0 aromatic heterocycles. The van der Waals surface area contributed by atoms with Crippen molar-refractivity contribution in [1.82, 2.24) is 0 Å². The van der Waals surface area contributed by atoms with Crippen LogP contribution in [0.15, 0.2) is 42.5 Å². The predicted molar refractivity (Wildman–Crippen MR) is 77.0 cm³/mol. The van der Waals surface area contributed by atoms with E-state index in [0.717, 1.165) is 11.1 Å². The van der Waals surface area contributed by atoms with Crippen molar-refractivity contribution in [3.05, 3.63) is 70.0 Å². The number of rotatable bonds is 2. The van der Waals surface area contributed by atoms with Crippen molar-refractivity contribution in [2.75, 3.05) is 0 Å². The van der Waals surface area contributed by atoms with Gasteiger partial charge in [0.05, 0.1) is 5.60 Å². The van der Waals surface area contributed by atoms with Crippen LogP contribution in [0.1, 0.15) is 29.2 Å². The quantitative estimate of drug-likeness (QED) is 0.892. The van der Waals surface area contributed by atoms with Crippen LogP contribution in [0.5, 0.6) is 0 Å². The molecule has 2 aromatic carbocycles. The minimum Gasteiger partial charge on any atom is -0.385 e. The molecule has 0 saturated heterocycles. The number of hydrogen-bond acceptors (Lipinski definition) is 2. The number of halogens is 2. The third kappa shape index (κ3) is 2.12. The van der Waals surface area contributed by atoms with E-state index in [9.17, 15) is 9.50 Å². The fraction of sp³-hybridized carbons (Fsp3) is 0.250. The fourth-order valence-corrected chi connectivity index (χ4v) is 3.22. The van der Waals surface area contributed by atoms with E-state index in [1.807, 2.05) is 24.3 Å². The molecule has 20 heavy (non-hydrogen) atoms. The molecule has 1 aliphatic rings. The van der Waals surface area contributed by atoms with Crippen LogP contribution in [-0.2, 0) is 12.0 Å². The first-order chi connectivity index (χ1) is 9.51. The summed E-state index contributed by atoms with van der Waals surface area (Å²) in [7, 11) is 0. The third-order valence-corrected chi connectivity index (χ3v) is 4.30. The van der Waals surface area contributed by atoms with Crippen molar-refractivity contribution in [2.45, 2.75) is 24.5 Å². The van der Waals surface area contributed by atoms with Crippen LogP contribution in [0.3, 0.4) is 0 Å². The van der Waals surface area contributed by atoms with Crippen LogP contribution in [0.4, 0.5) is 4.39 Å². The number of fused-ring (bicyclic) bond motifs is 1. The van der Waals surface area contributed by atoms with Crippen LogP contribution < -0.4 is 5.73 Å². The second kappa shape index (κ2) is 4.85. The van der Waals surface area contributed by atoms with E-state index in [1.165, 1.54) is 6.07 Å². The minimum absolute atomic E-state index is 0.128. The summed E-state index contributed by atoms with van der Waals surface area (Å²) in [6.07, 6.45) is 0.500. The van der Waals surface area contributed by atoms with Gasteiger partial charge in [0.1, 0.15) is 5.82 Å². The molecule has 0 spiro atoms. The predicted octanol–water partition coefficient (Wildman–Crippen LogP) is 3.31. The lowest BCUT2D eigenvalue weighted by Gasteiger charge is -2.25. The first-order valence-corrected chi connectivity index (χ1v) is 6.89. The lowest BCUT2D eigenvalue weighted by atomic mass is 9.88. The van der Waals surface area contributed by atoms with Gasteiger partial charge in [0.15, 0.2) is 0 Å². The smallest absolute Gasteiger partial charge is 0.128 e. The summed E-state index contributed by atoms with van der Waals surface area (Å²) in [4.78, 5) is 0. The Morgan fingerprint density at radius 2 is 2.00 bits per heavy atom. The molecule has 0 radical (unpaired) electrons. The maximum Gasteiger partial charge on any atom is 0.128 e. The van der Waals surface area contributed by atoms with Gasteiger partial charge in [0.25, 0.3) is 0 Å². The van der Waals surface area contributed by atoms with Gasteiger partial charge in [-0.25, -0.2) is 4.39 Å². The molecule has 2 atom stereocenters. The van der Waals surface area contributed by atoms with Gasteiger partial charge in [-0.05, 0) is 29.7 Å². The Labute approximate surface area is 122 Å². The van der Waals surface area contributed by atoms with Crippen LogP contribution in [0.2, 0.25) is 5.02 Å². The molecule has 0 bridgehead atoms. The van der Waals surface area contributed by atoms with Crippen LogP contribution >= 0.6 is 11.6 Å². The molecule has 0 heterocycles. The second-order valence-electron chi connectivity index (χ2n) is 5.31. The van der Waals surface area contributed by atoms with E-state index in [0.29, 0.717) is 17.0 Å². The summed E-state index contributed by atoms with van der Waals surface area (Å²) in [5, 5.41) is 11.2. The summed E-state index contributed by atoms with van der Waals surface area (Å²) >= 11 is 6.05. The Hall–Kier alpha value is -1.42. The zero-order valence-electron chi connectivity index (χ0n) is 10.8. The molecule has 3 N–H and O–H groups in total. The zero-order chi connectivity index (χ0) is 14.3. The van der Waals surface area contributed by atoms with Crippen molar-refractivity contribution in [3.63, 3.8) is 0 Å². The van der Waals surface area contributed by atoms with Gasteiger partial charge >= 0.3 is 0 Å². The van der Waals surface area contributed by atoms with Gasteiger partial charge in [0.2, 0.25) is 0 Å². The highest BCUT2D eigenvalue weighted by Gasteiger charge is 2.41. The van der Waals surface area contributed by atoms with Gasteiger partial charge in [-0.15, -0.1) is 0 Å². The van der Waals surface area contributed by atoms with E-state index >= 15 is 0 Å². The Morgan fingerprint density at radius 1 is 1.25 bits per heavy atom. The average Bonchev–Trinajstić information content (AvgIpc) is 2.67. The van der Waals surface area contributed by atoms with Crippen molar-refractivity contribution < 1.29 is 9.50 Å². The first-order valence-electron chi connectivity index (χ1n) is 6.51. The average molecular weight is 292 g/mol. The van der Waals surface area contributed by atoms with E-state index in [1.54, 1.807) is 12.1 Å². The van der Waals surface area contributed by atoms with Gasteiger partial charge < -0.3 is 10.8 Å². The van der Waals surface area contributed by atoms with Gasteiger partial charge in [-0.3, -0.25) is 0 Å². The molecule has 1 aliphatic carbocycles. The SMILES string of the molecule is NC1CC(O)(Cc2c(F)cccc2Cl)c2ccccc21. The molecule has 3 rings (SSSR count). The molecule has 0 aliphatic heterocycles. The topological polar surface area (TPSA) is 46.2 Å². The molecular formula is C16H15ClFNO. The van der Waals surface area contributed by atoms with E-state index in [-0.39, 0.29) is 12.5 Å². The number of aliphatic hydroxyl groups is 1. The molecule has 4 heteroatoms. The maximum atomic E-state index is 13.9. The number of nitrogens with two attached hydrogens (primary N) is 1. The van der Waals surface area contributed by atoms with E-state index < -0.39 is 11.4 Å². The van der Waals surface area contributed by atoms with Crippen molar-refractivity contribution in [3.8, 4) is 0 Å². The lowest BCUT2D eigenvalue weighted by molar-refractivity contribution is 0.0334. The highest BCUT2D eigenvalue weighted by molar-refractivity contribution is 6.31. The van der Waals surface area contributed by atoms with Gasteiger partial charge in [0, 0.05) is 23.0 Å². The summed E-state index contributed by atoms with van der Waals surface area (Å²) < 4.78 is 13.9. The third-order valence-electron chi connectivity index (χ3n) is 3.95. The monoisotopic (exact) mass is 291 g/mol. The second-order valence-corrected chi connectivity index (χ2v) is 5.71. The van der Waals surface area contributed by atoms with Crippen LogP contribution in [0, 0.1) is 5.82 Å². The molecule has 0 amide bonds. The molecule has 104 valence electrons. The highest BCUT2D eigenvalue weighted by Crippen LogP contribution is 2.44. The summed E-state index contributed by atoms with van der Waals surface area (Å²) in [5.41, 5.74) is 6.92. The Bertz CT molecular complexity index is 640. The molecular weight excluding hydrogens is 277 g/mol. The molecule has 0 fully saturated rings. The van der Waals surface area contributed by atoms with Gasteiger partial charge in [-0.2, -0.15) is 0 Å².